The second-order valence-electron chi connectivity index (χ2n) is 3.29. The Bertz CT molecular complexity index is 384. The quantitative estimate of drug-likeness (QED) is 0.867. The molecule has 0 amide bonds. The largest absolute Gasteiger partial charge is 0.466 e. The molecule has 0 heterocycles. The van der Waals surface area contributed by atoms with Gasteiger partial charge in [0.25, 0.3) is 0 Å². The first-order valence-electron chi connectivity index (χ1n) is 4.90. The molecule has 2 N–H and O–H groups in total. The number of rotatable bonds is 4. The van der Waals surface area contributed by atoms with Gasteiger partial charge in [-0.1, -0.05) is 6.07 Å². The number of nitrogens with two attached hydrogens (primary N) is 1. The van der Waals surface area contributed by atoms with Crippen molar-refractivity contribution in [2.24, 2.45) is 5.73 Å². The van der Waals surface area contributed by atoms with Gasteiger partial charge >= 0.3 is 5.97 Å². The van der Waals surface area contributed by atoms with Crippen LogP contribution in [0.4, 0.5) is 4.39 Å². The molecule has 1 aromatic rings. The third-order valence-corrected chi connectivity index (χ3v) is 2.71. The molecule has 88 valence electrons. The Balaban J connectivity index is 2.69. The van der Waals surface area contributed by atoms with Gasteiger partial charge < -0.3 is 10.5 Å². The molecule has 1 atom stereocenters. The van der Waals surface area contributed by atoms with Gasteiger partial charge in [-0.05, 0) is 40.5 Å². The summed E-state index contributed by atoms with van der Waals surface area (Å²) in [5.74, 6) is -0.768. The zero-order valence-electron chi connectivity index (χ0n) is 8.87. The fourth-order valence-corrected chi connectivity index (χ4v) is 1.51. The molecule has 0 fully saturated rings. The van der Waals surface area contributed by atoms with Crippen molar-refractivity contribution in [3.8, 4) is 0 Å². The van der Waals surface area contributed by atoms with E-state index in [2.05, 4.69) is 15.9 Å². The number of halogens is 2. The zero-order valence-corrected chi connectivity index (χ0v) is 10.5. The summed E-state index contributed by atoms with van der Waals surface area (Å²) in [6.45, 7) is 2.04. The average molecular weight is 290 g/mol. The Morgan fingerprint density at radius 1 is 1.62 bits per heavy atom. The molecule has 0 aliphatic carbocycles. The van der Waals surface area contributed by atoms with Crippen molar-refractivity contribution in [1.82, 2.24) is 0 Å². The summed E-state index contributed by atoms with van der Waals surface area (Å²) in [4.78, 5) is 11.2. The second kappa shape index (κ2) is 5.96. The molecule has 0 aliphatic rings. The molecular formula is C11H13BrFNO2. The van der Waals surface area contributed by atoms with Gasteiger partial charge in [0, 0.05) is 6.04 Å². The van der Waals surface area contributed by atoms with Gasteiger partial charge in [0.05, 0.1) is 17.5 Å². The van der Waals surface area contributed by atoms with E-state index in [0.717, 1.165) is 0 Å². The fraction of sp³-hybridized carbons (Fsp3) is 0.364. The molecule has 0 radical (unpaired) electrons. The van der Waals surface area contributed by atoms with Gasteiger partial charge in [-0.15, -0.1) is 0 Å². The smallest absolute Gasteiger partial charge is 0.307 e. The highest BCUT2D eigenvalue weighted by molar-refractivity contribution is 9.10. The number of benzene rings is 1. The van der Waals surface area contributed by atoms with Crippen molar-refractivity contribution in [1.29, 1.82) is 0 Å². The summed E-state index contributed by atoms with van der Waals surface area (Å²) < 4.78 is 18.3. The van der Waals surface area contributed by atoms with Gasteiger partial charge in [-0.2, -0.15) is 0 Å². The SMILES string of the molecule is CCOC(=O)C[C@@H](N)c1ccc(Br)c(F)c1. The first kappa shape index (κ1) is 13.1. The van der Waals surface area contributed by atoms with Gasteiger partial charge in [-0.25, -0.2) is 4.39 Å². The molecule has 16 heavy (non-hydrogen) atoms. The van der Waals surface area contributed by atoms with Gasteiger partial charge in [0.15, 0.2) is 0 Å². The molecule has 1 aromatic carbocycles. The summed E-state index contributed by atoms with van der Waals surface area (Å²) >= 11 is 3.05. The van der Waals surface area contributed by atoms with Crippen LogP contribution in [0.3, 0.4) is 0 Å². The number of hydrogen-bond donors (Lipinski definition) is 1. The lowest BCUT2D eigenvalue weighted by molar-refractivity contribution is -0.143. The molecular weight excluding hydrogens is 277 g/mol. The highest BCUT2D eigenvalue weighted by Gasteiger charge is 2.13. The average Bonchev–Trinajstić information content (AvgIpc) is 2.22. The maximum atomic E-state index is 13.2. The van der Waals surface area contributed by atoms with Crippen LogP contribution in [-0.4, -0.2) is 12.6 Å². The third-order valence-electron chi connectivity index (χ3n) is 2.06. The Morgan fingerprint density at radius 2 is 2.31 bits per heavy atom. The van der Waals surface area contributed by atoms with E-state index < -0.39 is 11.9 Å². The molecule has 0 unspecified atom stereocenters. The number of carbonyl (C=O) groups excluding carboxylic acids is 1. The van der Waals surface area contributed by atoms with Crippen molar-refractivity contribution >= 4 is 21.9 Å². The summed E-state index contributed by atoms with van der Waals surface area (Å²) in [5.41, 5.74) is 6.34. The van der Waals surface area contributed by atoms with Crippen LogP contribution in [0.1, 0.15) is 24.9 Å². The van der Waals surface area contributed by atoms with Crippen molar-refractivity contribution in [3.63, 3.8) is 0 Å². The minimum absolute atomic E-state index is 0.0505. The van der Waals surface area contributed by atoms with E-state index in [1.807, 2.05) is 0 Å². The molecule has 0 saturated carbocycles. The highest BCUT2D eigenvalue weighted by atomic mass is 79.9. The summed E-state index contributed by atoms with van der Waals surface area (Å²) in [6.07, 6.45) is 0.0505. The Morgan fingerprint density at radius 3 is 2.88 bits per heavy atom. The molecule has 0 bridgehead atoms. The maximum Gasteiger partial charge on any atom is 0.307 e. The maximum absolute atomic E-state index is 13.2. The van der Waals surface area contributed by atoms with Crippen LogP contribution in [0.5, 0.6) is 0 Å². The first-order valence-corrected chi connectivity index (χ1v) is 5.70. The lowest BCUT2D eigenvalue weighted by Gasteiger charge is -2.11. The molecule has 0 aliphatic heterocycles. The predicted octanol–water partition coefficient (Wildman–Crippen LogP) is 2.54. The van der Waals surface area contributed by atoms with E-state index in [1.54, 1.807) is 19.1 Å². The molecule has 3 nitrogen and oxygen atoms in total. The Labute approximate surface area is 102 Å². The molecule has 0 saturated heterocycles. The van der Waals surface area contributed by atoms with Crippen molar-refractivity contribution in [3.05, 3.63) is 34.1 Å². The number of ether oxygens (including phenoxy) is 1. The fourth-order valence-electron chi connectivity index (χ4n) is 1.26. The van der Waals surface area contributed by atoms with Crippen molar-refractivity contribution < 1.29 is 13.9 Å². The molecule has 0 aromatic heterocycles. The highest BCUT2D eigenvalue weighted by Crippen LogP contribution is 2.21. The van der Waals surface area contributed by atoms with Crippen molar-refractivity contribution in [2.75, 3.05) is 6.61 Å². The van der Waals surface area contributed by atoms with Gasteiger partial charge in [-0.3, -0.25) is 4.79 Å². The van der Waals surface area contributed by atoms with Crippen LogP contribution in [0.2, 0.25) is 0 Å². The van der Waals surface area contributed by atoms with E-state index in [4.69, 9.17) is 10.5 Å². The van der Waals surface area contributed by atoms with Crippen LogP contribution < -0.4 is 5.73 Å². The van der Waals surface area contributed by atoms with Gasteiger partial charge in [0.2, 0.25) is 0 Å². The van der Waals surface area contributed by atoms with E-state index in [9.17, 15) is 9.18 Å². The zero-order chi connectivity index (χ0) is 12.1. The number of esters is 1. The predicted molar refractivity (Wildman–Crippen MR) is 62.3 cm³/mol. The van der Waals surface area contributed by atoms with E-state index in [-0.39, 0.29) is 12.4 Å². The minimum Gasteiger partial charge on any atom is -0.466 e. The van der Waals surface area contributed by atoms with E-state index in [1.165, 1.54) is 6.07 Å². The summed E-state index contributed by atoms with van der Waals surface area (Å²) in [6, 6.07) is 4.02. The normalized spacial score (nSPS) is 12.2. The summed E-state index contributed by atoms with van der Waals surface area (Å²) in [5, 5.41) is 0. The third kappa shape index (κ3) is 3.57. The minimum atomic E-state index is -0.540. The monoisotopic (exact) mass is 289 g/mol. The second-order valence-corrected chi connectivity index (χ2v) is 4.14. The van der Waals surface area contributed by atoms with Crippen LogP contribution in [-0.2, 0) is 9.53 Å². The van der Waals surface area contributed by atoms with E-state index in [0.29, 0.717) is 16.6 Å². The lowest BCUT2D eigenvalue weighted by atomic mass is 10.0. The van der Waals surface area contributed by atoms with Crippen LogP contribution in [0.25, 0.3) is 0 Å². The molecule has 5 heteroatoms. The standard InChI is InChI=1S/C11H13BrFNO2/c1-2-16-11(15)6-10(14)7-3-4-8(12)9(13)5-7/h3-5,10H,2,6,14H2,1H3/t10-/m1/s1. The Kier molecular flexibility index (Phi) is 4.89. The first-order chi connectivity index (χ1) is 7.54. The molecule has 0 spiro atoms. The summed E-state index contributed by atoms with van der Waals surface area (Å²) in [7, 11) is 0. The lowest BCUT2D eigenvalue weighted by Crippen LogP contribution is -2.17. The molecule has 1 rings (SSSR count). The van der Waals surface area contributed by atoms with Gasteiger partial charge in [0.1, 0.15) is 5.82 Å². The van der Waals surface area contributed by atoms with Crippen molar-refractivity contribution in [2.45, 2.75) is 19.4 Å². The number of hydrogen-bond acceptors (Lipinski definition) is 3. The van der Waals surface area contributed by atoms with Crippen LogP contribution >= 0.6 is 15.9 Å². The van der Waals surface area contributed by atoms with Crippen LogP contribution in [0.15, 0.2) is 22.7 Å². The Hall–Kier alpha value is -0.940. The van der Waals surface area contributed by atoms with E-state index >= 15 is 0 Å². The van der Waals surface area contributed by atoms with Crippen LogP contribution in [0, 0.1) is 5.82 Å². The topological polar surface area (TPSA) is 52.3 Å². The number of carbonyl (C=O) groups is 1.